The Morgan fingerprint density at radius 3 is 2.23 bits per heavy atom. The van der Waals surface area contributed by atoms with Crippen LogP contribution in [0, 0.1) is 0 Å². The van der Waals surface area contributed by atoms with Gasteiger partial charge >= 0.3 is 0 Å². The summed E-state index contributed by atoms with van der Waals surface area (Å²) in [5.41, 5.74) is 2.94. The van der Waals surface area contributed by atoms with Gasteiger partial charge in [0.25, 0.3) is 0 Å². The molecule has 0 aromatic carbocycles. The molecule has 0 aromatic rings. The molecular formula is C11H18N2. The number of likely N-dealkylation sites (N-methyl/N-ethyl adjacent to an activating group) is 1. The number of aliphatic imine (C=N–C) groups is 1. The lowest BCUT2D eigenvalue weighted by atomic mass is 10.2. The van der Waals surface area contributed by atoms with Gasteiger partial charge in [0.1, 0.15) is 0 Å². The summed E-state index contributed by atoms with van der Waals surface area (Å²) in [6, 6.07) is 0. The lowest BCUT2D eigenvalue weighted by molar-refractivity contribution is 0.524. The van der Waals surface area contributed by atoms with Crippen LogP contribution in [0.1, 0.15) is 13.8 Å². The van der Waals surface area contributed by atoms with Crippen LogP contribution in [0.4, 0.5) is 0 Å². The summed E-state index contributed by atoms with van der Waals surface area (Å²) in [7, 11) is 3.92. The minimum Gasteiger partial charge on any atom is -0.378 e. The van der Waals surface area contributed by atoms with Crippen LogP contribution in [-0.2, 0) is 0 Å². The van der Waals surface area contributed by atoms with Gasteiger partial charge in [-0.05, 0) is 25.5 Å². The van der Waals surface area contributed by atoms with E-state index in [0.29, 0.717) is 0 Å². The van der Waals surface area contributed by atoms with Crippen LogP contribution in [-0.4, -0.2) is 24.7 Å². The first-order chi connectivity index (χ1) is 5.99. The Morgan fingerprint density at radius 2 is 1.85 bits per heavy atom. The van der Waals surface area contributed by atoms with Gasteiger partial charge in [-0.3, -0.25) is 4.99 Å². The summed E-state index contributed by atoms with van der Waals surface area (Å²) in [6.45, 7) is 11.4. The molecule has 0 rings (SSSR count). The highest BCUT2D eigenvalue weighted by Gasteiger charge is 1.97. The van der Waals surface area contributed by atoms with Crippen molar-refractivity contribution in [3.8, 4) is 0 Å². The van der Waals surface area contributed by atoms with E-state index in [9.17, 15) is 0 Å². The summed E-state index contributed by atoms with van der Waals surface area (Å²) in [6.07, 6.45) is 3.53. The molecule has 0 saturated carbocycles. The lowest BCUT2D eigenvalue weighted by Gasteiger charge is -2.15. The molecule has 0 fully saturated rings. The Bertz CT molecular complexity index is 257. The topological polar surface area (TPSA) is 15.6 Å². The number of nitrogens with zero attached hydrogens (tertiary/aromatic N) is 2. The van der Waals surface area contributed by atoms with Crippen molar-refractivity contribution >= 4 is 5.71 Å². The average Bonchev–Trinajstić information content (AvgIpc) is 2.11. The lowest BCUT2D eigenvalue weighted by Crippen LogP contribution is -2.10. The second-order valence-electron chi connectivity index (χ2n) is 3.13. The van der Waals surface area contributed by atoms with E-state index < -0.39 is 0 Å². The van der Waals surface area contributed by atoms with Crippen LogP contribution in [0.25, 0.3) is 0 Å². The van der Waals surface area contributed by atoms with E-state index in [1.54, 1.807) is 12.3 Å². The quantitative estimate of drug-likeness (QED) is 0.477. The Labute approximate surface area is 81.0 Å². The molecule has 0 unspecified atom stereocenters. The maximum Gasteiger partial charge on any atom is 0.0366 e. The van der Waals surface area contributed by atoms with Gasteiger partial charge in [-0.25, -0.2) is 0 Å². The normalized spacial score (nSPS) is 12.6. The number of hydrogen-bond acceptors (Lipinski definition) is 2. The molecule has 0 saturated heterocycles. The standard InChI is InChI=1S/C11H18N2/c1-7-10(3)12-8-9(2)11(4)13(5)6/h7-8H,1,4H2,2-3,5-6H3/b9-8+,12-10?. The van der Waals surface area contributed by atoms with Crippen LogP contribution in [0.3, 0.4) is 0 Å². The van der Waals surface area contributed by atoms with Crippen molar-refractivity contribution in [1.29, 1.82) is 0 Å². The largest absolute Gasteiger partial charge is 0.378 e. The monoisotopic (exact) mass is 178 g/mol. The zero-order valence-corrected chi connectivity index (χ0v) is 8.96. The molecular weight excluding hydrogens is 160 g/mol. The highest BCUT2D eigenvalue weighted by atomic mass is 15.1. The average molecular weight is 178 g/mol. The van der Waals surface area contributed by atoms with Gasteiger partial charge in [0, 0.05) is 31.7 Å². The van der Waals surface area contributed by atoms with Gasteiger partial charge < -0.3 is 4.90 Å². The maximum absolute atomic E-state index is 4.20. The predicted octanol–water partition coefficient (Wildman–Crippen LogP) is 2.61. The molecule has 13 heavy (non-hydrogen) atoms. The molecule has 0 bridgehead atoms. The Hall–Kier alpha value is -1.31. The van der Waals surface area contributed by atoms with Crippen molar-refractivity contribution in [2.75, 3.05) is 14.1 Å². The maximum atomic E-state index is 4.20. The fraction of sp³-hybridized carbons (Fsp3) is 0.364. The Kier molecular flexibility index (Phi) is 4.82. The second kappa shape index (κ2) is 5.36. The van der Waals surface area contributed by atoms with Crippen LogP contribution >= 0.6 is 0 Å². The molecule has 2 nitrogen and oxygen atoms in total. The number of rotatable bonds is 4. The molecule has 0 aliphatic carbocycles. The first-order valence-electron chi connectivity index (χ1n) is 4.19. The minimum atomic E-state index is 0.908. The van der Waals surface area contributed by atoms with Crippen LogP contribution in [0.15, 0.2) is 41.7 Å². The van der Waals surface area contributed by atoms with Crippen molar-refractivity contribution in [3.63, 3.8) is 0 Å². The fourth-order valence-electron chi connectivity index (χ4n) is 0.679. The fourth-order valence-corrected chi connectivity index (χ4v) is 0.679. The molecule has 0 aliphatic rings. The van der Waals surface area contributed by atoms with E-state index in [4.69, 9.17) is 0 Å². The summed E-state index contributed by atoms with van der Waals surface area (Å²) in [4.78, 5) is 6.16. The first kappa shape index (κ1) is 11.7. The minimum absolute atomic E-state index is 0.908. The van der Waals surface area contributed by atoms with E-state index in [-0.39, 0.29) is 0 Å². The van der Waals surface area contributed by atoms with Crippen molar-refractivity contribution in [1.82, 2.24) is 4.90 Å². The zero-order chi connectivity index (χ0) is 10.4. The first-order valence-corrected chi connectivity index (χ1v) is 4.19. The molecule has 0 heterocycles. The van der Waals surface area contributed by atoms with Gasteiger partial charge in [0.05, 0.1) is 0 Å². The van der Waals surface area contributed by atoms with Crippen LogP contribution in [0.2, 0.25) is 0 Å². The second-order valence-corrected chi connectivity index (χ2v) is 3.13. The molecule has 2 heteroatoms. The van der Waals surface area contributed by atoms with Gasteiger partial charge in [-0.15, -0.1) is 0 Å². The summed E-state index contributed by atoms with van der Waals surface area (Å²) in [5, 5.41) is 0. The molecule has 0 radical (unpaired) electrons. The van der Waals surface area contributed by atoms with E-state index in [1.807, 2.05) is 32.8 Å². The third-order valence-electron chi connectivity index (χ3n) is 1.75. The van der Waals surface area contributed by atoms with Crippen LogP contribution in [0.5, 0.6) is 0 Å². The van der Waals surface area contributed by atoms with E-state index in [0.717, 1.165) is 17.0 Å². The molecule has 0 N–H and O–H groups in total. The van der Waals surface area contributed by atoms with Gasteiger partial charge in [-0.1, -0.05) is 13.2 Å². The van der Waals surface area contributed by atoms with E-state index in [1.165, 1.54) is 0 Å². The molecule has 0 spiro atoms. The smallest absolute Gasteiger partial charge is 0.0366 e. The van der Waals surface area contributed by atoms with Crippen molar-refractivity contribution in [2.24, 2.45) is 4.99 Å². The Morgan fingerprint density at radius 1 is 1.31 bits per heavy atom. The van der Waals surface area contributed by atoms with Crippen LogP contribution < -0.4 is 0 Å². The summed E-state index contributed by atoms with van der Waals surface area (Å²) >= 11 is 0. The summed E-state index contributed by atoms with van der Waals surface area (Å²) in [5.74, 6) is 0. The van der Waals surface area contributed by atoms with Gasteiger partial charge in [0.15, 0.2) is 0 Å². The highest BCUT2D eigenvalue weighted by Crippen LogP contribution is 2.08. The SMILES string of the molecule is C=CC(C)=N/C=C(\C)C(=C)N(C)C. The Balaban J connectivity index is 4.51. The van der Waals surface area contributed by atoms with E-state index in [2.05, 4.69) is 18.2 Å². The van der Waals surface area contributed by atoms with Crippen molar-refractivity contribution in [3.05, 3.63) is 36.7 Å². The highest BCUT2D eigenvalue weighted by molar-refractivity contribution is 5.92. The van der Waals surface area contributed by atoms with E-state index >= 15 is 0 Å². The molecule has 0 aromatic heterocycles. The van der Waals surface area contributed by atoms with Crippen molar-refractivity contribution in [2.45, 2.75) is 13.8 Å². The van der Waals surface area contributed by atoms with Crippen molar-refractivity contribution < 1.29 is 0 Å². The van der Waals surface area contributed by atoms with Gasteiger partial charge in [0.2, 0.25) is 0 Å². The molecule has 0 aliphatic heterocycles. The molecule has 0 amide bonds. The molecule has 72 valence electrons. The summed E-state index contributed by atoms with van der Waals surface area (Å²) < 4.78 is 0. The predicted molar refractivity (Wildman–Crippen MR) is 59.9 cm³/mol. The zero-order valence-electron chi connectivity index (χ0n) is 8.96. The molecule has 0 atom stereocenters. The number of allylic oxidation sites excluding steroid dienone is 2. The third-order valence-corrected chi connectivity index (χ3v) is 1.75. The van der Waals surface area contributed by atoms with Gasteiger partial charge in [-0.2, -0.15) is 0 Å². The number of hydrogen-bond donors (Lipinski definition) is 0. The third kappa shape index (κ3) is 4.31.